The number of hydrogen-bond donors (Lipinski definition) is 0. The Labute approximate surface area is 199 Å². The van der Waals surface area contributed by atoms with E-state index in [0.717, 1.165) is 6.08 Å². The topological polar surface area (TPSA) is 82.1 Å². The van der Waals surface area contributed by atoms with Crippen molar-refractivity contribution in [2.45, 2.75) is 72.1 Å². The Bertz CT molecular complexity index is 1060. The van der Waals surface area contributed by atoms with Crippen molar-refractivity contribution in [2.24, 2.45) is 5.92 Å². The van der Waals surface area contributed by atoms with Gasteiger partial charge in [0.25, 0.3) is 0 Å². The van der Waals surface area contributed by atoms with Gasteiger partial charge in [0.2, 0.25) is 11.7 Å². The summed E-state index contributed by atoms with van der Waals surface area (Å²) in [7, 11) is 1.65. The van der Waals surface area contributed by atoms with Crippen LogP contribution in [0.5, 0.6) is 0 Å². The lowest BCUT2D eigenvalue weighted by Crippen LogP contribution is -2.32. The Balaban J connectivity index is 2.11. The van der Waals surface area contributed by atoms with E-state index in [4.69, 9.17) is 14.2 Å². The van der Waals surface area contributed by atoms with Crippen molar-refractivity contribution in [1.29, 1.82) is 0 Å². The lowest BCUT2D eigenvalue weighted by Gasteiger charge is -2.22. The summed E-state index contributed by atoms with van der Waals surface area (Å²) in [6.07, 6.45) is 2.39. The molecule has 0 aliphatic carbocycles. The van der Waals surface area contributed by atoms with Gasteiger partial charge in [-0.05, 0) is 63.5 Å². The van der Waals surface area contributed by atoms with Crippen molar-refractivity contribution in [3.8, 4) is 0 Å². The number of hydrogen-bond acceptors (Lipinski definition) is 6. The van der Waals surface area contributed by atoms with E-state index in [-0.39, 0.29) is 12.3 Å². The van der Waals surface area contributed by atoms with E-state index >= 15 is 0 Å². The number of anilines is 1. The molecule has 1 aromatic rings. The number of Topliss-reactive ketones (excluding diaryl/α,β-unsaturated/α-hetero) is 1. The third-order valence-electron chi connectivity index (χ3n) is 6.20. The fourth-order valence-electron chi connectivity index (χ4n) is 4.06. The number of aryl methyl sites for hydroxylation is 1. The molecule has 0 aromatic heterocycles. The van der Waals surface area contributed by atoms with Gasteiger partial charge < -0.3 is 19.1 Å². The SMILES string of the molecule is CC(=O)N(C)c1cc(C)c2c(c1)C=CC[C@@H]1OC(C)(C)O[C@@H]1C(=O)/C(F)=C\[C@@H](C)[C@H](C)OC2=O. The van der Waals surface area contributed by atoms with Crippen LogP contribution in [0.4, 0.5) is 10.1 Å². The highest BCUT2D eigenvalue weighted by Crippen LogP contribution is 2.33. The summed E-state index contributed by atoms with van der Waals surface area (Å²) in [5.41, 5.74) is 2.18. The molecule has 1 fully saturated rings. The van der Waals surface area contributed by atoms with Crippen molar-refractivity contribution in [3.05, 3.63) is 46.8 Å². The molecule has 1 aromatic carbocycles. The Morgan fingerprint density at radius 1 is 1.18 bits per heavy atom. The van der Waals surface area contributed by atoms with Crippen LogP contribution in [0.1, 0.15) is 62.5 Å². The largest absolute Gasteiger partial charge is 0.458 e. The maximum absolute atomic E-state index is 14.8. The van der Waals surface area contributed by atoms with Gasteiger partial charge in [0.05, 0.1) is 11.7 Å². The zero-order valence-corrected chi connectivity index (χ0v) is 20.7. The van der Waals surface area contributed by atoms with Crippen molar-refractivity contribution >= 4 is 29.4 Å². The summed E-state index contributed by atoms with van der Waals surface area (Å²) in [5, 5.41) is 0. The number of fused-ring (bicyclic) bond motifs is 2. The molecule has 1 saturated heterocycles. The van der Waals surface area contributed by atoms with Crippen LogP contribution in [-0.2, 0) is 23.8 Å². The molecule has 34 heavy (non-hydrogen) atoms. The summed E-state index contributed by atoms with van der Waals surface area (Å²) < 4.78 is 32.1. The Morgan fingerprint density at radius 2 is 1.85 bits per heavy atom. The smallest absolute Gasteiger partial charge is 0.339 e. The third-order valence-corrected chi connectivity index (χ3v) is 6.20. The van der Waals surface area contributed by atoms with Crippen molar-refractivity contribution in [1.82, 2.24) is 0 Å². The van der Waals surface area contributed by atoms with Gasteiger partial charge in [0.1, 0.15) is 6.10 Å². The molecule has 0 unspecified atom stereocenters. The first-order valence-corrected chi connectivity index (χ1v) is 11.3. The summed E-state index contributed by atoms with van der Waals surface area (Å²) in [6.45, 7) is 9.89. The summed E-state index contributed by atoms with van der Waals surface area (Å²) in [6, 6.07) is 3.48. The Hall–Kier alpha value is -2.84. The number of carbonyl (C=O) groups excluding carboxylic acids is 3. The molecule has 7 nitrogen and oxygen atoms in total. The van der Waals surface area contributed by atoms with Crippen LogP contribution >= 0.6 is 0 Å². The van der Waals surface area contributed by atoms with Gasteiger partial charge in [0.15, 0.2) is 17.7 Å². The number of esters is 1. The molecule has 0 bridgehead atoms. The van der Waals surface area contributed by atoms with E-state index in [1.807, 2.05) is 0 Å². The number of cyclic esters (lactones) is 1. The minimum Gasteiger partial charge on any atom is -0.458 e. The van der Waals surface area contributed by atoms with E-state index in [1.54, 1.807) is 66.0 Å². The van der Waals surface area contributed by atoms with E-state index in [2.05, 4.69) is 0 Å². The molecule has 0 spiro atoms. The number of benzene rings is 1. The lowest BCUT2D eigenvalue weighted by molar-refractivity contribution is -0.153. The number of rotatable bonds is 1. The number of ether oxygens (including phenoxy) is 3. The predicted molar refractivity (Wildman–Crippen MR) is 126 cm³/mol. The first-order valence-electron chi connectivity index (χ1n) is 11.3. The number of halogens is 1. The fraction of sp³-hybridized carbons (Fsp3) is 0.500. The zero-order valence-electron chi connectivity index (χ0n) is 20.7. The van der Waals surface area contributed by atoms with Gasteiger partial charge in [0, 0.05) is 25.6 Å². The highest BCUT2D eigenvalue weighted by atomic mass is 19.1. The molecule has 0 saturated carbocycles. The first-order chi connectivity index (χ1) is 15.8. The molecule has 2 heterocycles. The van der Waals surface area contributed by atoms with E-state index in [9.17, 15) is 18.8 Å². The maximum Gasteiger partial charge on any atom is 0.339 e. The first kappa shape index (κ1) is 25.8. The van der Waals surface area contributed by atoms with E-state index in [1.165, 1.54) is 11.8 Å². The normalized spacial score (nSPS) is 28.8. The minimum absolute atomic E-state index is 0.150. The van der Waals surface area contributed by atoms with Crippen molar-refractivity contribution < 1.29 is 33.0 Å². The number of ketones is 1. The molecule has 2 aliphatic heterocycles. The van der Waals surface area contributed by atoms with E-state index < -0.39 is 47.6 Å². The van der Waals surface area contributed by atoms with Crippen molar-refractivity contribution in [3.63, 3.8) is 0 Å². The van der Waals surface area contributed by atoms with Gasteiger partial charge in [-0.3, -0.25) is 9.59 Å². The second-order valence-electron chi connectivity index (χ2n) is 9.39. The monoisotopic (exact) mass is 473 g/mol. The second kappa shape index (κ2) is 9.80. The highest BCUT2D eigenvalue weighted by Gasteiger charge is 2.45. The summed E-state index contributed by atoms with van der Waals surface area (Å²) in [5.74, 6) is -4.06. The molecule has 184 valence electrons. The fourth-order valence-corrected chi connectivity index (χ4v) is 4.06. The van der Waals surface area contributed by atoms with E-state index in [0.29, 0.717) is 22.4 Å². The summed E-state index contributed by atoms with van der Waals surface area (Å²) >= 11 is 0. The molecule has 0 N–H and O–H groups in total. The molecule has 8 heteroatoms. The zero-order chi connectivity index (χ0) is 25.4. The average Bonchev–Trinajstić information content (AvgIpc) is 3.05. The van der Waals surface area contributed by atoms with Gasteiger partial charge in [-0.25, -0.2) is 9.18 Å². The number of amides is 1. The predicted octanol–water partition coefficient (Wildman–Crippen LogP) is 4.52. The molecular weight excluding hydrogens is 441 g/mol. The van der Waals surface area contributed by atoms with Gasteiger partial charge in [-0.15, -0.1) is 0 Å². The molecule has 4 atom stereocenters. The van der Waals surface area contributed by atoms with Crippen molar-refractivity contribution in [2.75, 3.05) is 11.9 Å². The van der Waals surface area contributed by atoms with Crippen LogP contribution in [0.3, 0.4) is 0 Å². The van der Waals surface area contributed by atoms with Crippen LogP contribution in [0.25, 0.3) is 6.08 Å². The van der Waals surface area contributed by atoms with Crippen LogP contribution in [0.2, 0.25) is 0 Å². The van der Waals surface area contributed by atoms with Gasteiger partial charge >= 0.3 is 5.97 Å². The van der Waals surface area contributed by atoms with Crippen LogP contribution in [0, 0.1) is 12.8 Å². The second-order valence-corrected chi connectivity index (χ2v) is 9.39. The average molecular weight is 474 g/mol. The maximum atomic E-state index is 14.8. The van der Waals surface area contributed by atoms with Gasteiger partial charge in [-0.2, -0.15) is 0 Å². The lowest BCUT2D eigenvalue weighted by atomic mass is 9.97. The van der Waals surface area contributed by atoms with Crippen LogP contribution < -0.4 is 4.90 Å². The number of carbonyl (C=O) groups is 3. The third kappa shape index (κ3) is 5.45. The molecular formula is C26H32FNO6. The molecule has 1 amide bonds. The molecule has 2 aliphatic rings. The number of nitrogens with zero attached hydrogens (tertiary/aromatic N) is 1. The van der Waals surface area contributed by atoms with Crippen LogP contribution in [0.15, 0.2) is 30.1 Å². The quantitative estimate of drug-likeness (QED) is 0.558. The molecule has 3 rings (SSSR count). The standard InChI is InChI=1S/C26H32FNO6/c1-14-12-20(27)23(30)24-21(33-26(5,6)34-24)10-8-9-18-13-19(28(7)17(4)29)11-15(2)22(18)25(31)32-16(14)3/h8-9,11-14,16,21,24H,10H2,1-7H3/b9-8?,20-12+/t14-,16+,21+,24+/m1/s1. The Morgan fingerprint density at radius 3 is 2.50 bits per heavy atom. The Kier molecular flexibility index (Phi) is 7.43. The molecule has 0 radical (unpaired) electrons. The highest BCUT2D eigenvalue weighted by molar-refractivity contribution is 5.99. The summed E-state index contributed by atoms with van der Waals surface area (Å²) in [4.78, 5) is 39.3. The minimum atomic E-state index is -1.10. The van der Waals surface area contributed by atoms with Crippen LogP contribution in [-0.4, -0.2) is 48.8 Å². The van der Waals surface area contributed by atoms with Gasteiger partial charge in [-0.1, -0.05) is 19.1 Å².